The number of pyridine rings is 1. The lowest BCUT2D eigenvalue weighted by atomic mass is 10.1. The molecule has 0 aliphatic heterocycles. The number of benzene rings is 1. The zero-order valence-corrected chi connectivity index (χ0v) is 11.3. The normalized spacial score (nSPS) is 10.5. The van der Waals surface area contributed by atoms with Crippen molar-refractivity contribution in [3.05, 3.63) is 43.8 Å². The summed E-state index contributed by atoms with van der Waals surface area (Å²) in [4.78, 5) is 26.5. The minimum absolute atomic E-state index is 0.0429. The molecule has 2 rings (SSSR count). The highest BCUT2D eigenvalue weighted by Gasteiger charge is 2.13. The summed E-state index contributed by atoms with van der Waals surface area (Å²) in [5, 5.41) is 0.502. The maximum Gasteiger partial charge on any atom is 0.343 e. The highest BCUT2D eigenvalue weighted by molar-refractivity contribution is 14.1. The molecule has 0 bridgehead atoms. The van der Waals surface area contributed by atoms with Gasteiger partial charge in [0.05, 0.1) is 6.61 Å². The zero-order valence-electron chi connectivity index (χ0n) is 9.12. The molecule has 0 spiro atoms. The van der Waals surface area contributed by atoms with E-state index in [0.717, 1.165) is 3.57 Å². The topological polar surface area (TPSA) is 59.2 Å². The molecule has 88 valence electrons. The van der Waals surface area contributed by atoms with Crippen molar-refractivity contribution in [3.8, 4) is 0 Å². The molecule has 0 saturated heterocycles. The third-order valence-electron chi connectivity index (χ3n) is 2.34. The van der Waals surface area contributed by atoms with Gasteiger partial charge in [-0.2, -0.15) is 0 Å². The first-order chi connectivity index (χ1) is 8.13. The Morgan fingerprint density at radius 3 is 2.94 bits per heavy atom. The number of fused-ring (bicyclic) bond motifs is 1. The van der Waals surface area contributed by atoms with Crippen molar-refractivity contribution >= 4 is 39.5 Å². The quantitative estimate of drug-likeness (QED) is 0.673. The van der Waals surface area contributed by atoms with Gasteiger partial charge < -0.3 is 9.72 Å². The van der Waals surface area contributed by atoms with E-state index in [2.05, 4.69) is 27.6 Å². The molecule has 0 atom stereocenters. The molecule has 0 saturated carbocycles. The second-order valence-electron chi connectivity index (χ2n) is 3.44. The van der Waals surface area contributed by atoms with Crippen LogP contribution in [0.4, 0.5) is 0 Å². The van der Waals surface area contributed by atoms with Crippen molar-refractivity contribution in [3.63, 3.8) is 0 Å². The number of halogens is 1. The lowest BCUT2D eigenvalue weighted by Gasteiger charge is -2.03. The van der Waals surface area contributed by atoms with E-state index in [1.807, 2.05) is 12.1 Å². The van der Waals surface area contributed by atoms with E-state index in [9.17, 15) is 9.59 Å². The van der Waals surface area contributed by atoms with Gasteiger partial charge >= 0.3 is 5.97 Å². The van der Waals surface area contributed by atoms with Gasteiger partial charge in [-0.15, -0.1) is 0 Å². The van der Waals surface area contributed by atoms with Crippen LogP contribution in [-0.2, 0) is 4.74 Å². The molecule has 2 aromatic rings. The molecule has 0 fully saturated rings. The molecule has 0 aliphatic rings. The average molecular weight is 343 g/mol. The van der Waals surface area contributed by atoms with Gasteiger partial charge in [-0.3, -0.25) is 4.79 Å². The molecule has 1 heterocycles. The van der Waals surface area contributed by atoms with E-state index in [0.29, 0.717) is 10.9 Å². The highest BCUT2D eigenvalue weighted by atomic mass is 127. The Bertz CT molecular complexity index is 633. The number of esters is 1. The molecule has 0 unspecified atom stereocenters. The molecule has 5 heteroatoms. The van der Waals surface area contributed by atoms with E-state index in [1.54, 1.807) is 13.0 Å². The molecule has 1 aromatic carbocycles. The van der Waals surface area contributed by atoms with Gasteiger partial charge in [-0.25, -0.2) is 4.79 Å². The standard InChI is InChI=1S/C12H10INO3/c1-2-17-12(16)9-6-14-10-4-3-7(13)5-8(10)11(9)15/h3-6H,2H2,1H3,(H,14,15). The first-order valence-corrected chi connectivity index (χ1v) is 6.19. The maximum absolute atomic E-state index is 12.1. The second kappa shape index (κ2) is 4.87. The predicted molar refractivity (Wildman–Crippen MR) is 73.2 cm³/mol. The minimum Gasteiger partial charge on any atom is -0.462 e. The number of hydrogen-bond donors (Lipinski definition) is 1. The predicted octanol–water partition coefficient (Wildman–Crippen LogP) is 2.31. The third-order valence-corrected chi connectivity index (χ3v) is 3.01. The number of aromatic nitrogens is 1. The van der Waals surface area contributed by atoms with Crippen molar-refractivity contribution in [2.75, 3.05) is 6.61 Å². The molecule has 0 amide bonds. The Morgan fingerprint density at radius 1 is 1.47 bits per heavy atom. The first-order valence-electron chi connectivity index (χ1n) is 5.11. The van der Waals surface area contributed by atoms with Crippen LogP contribution < -0.4 is 5.43 Å². The van der Waals surface area contributed by atoms with E-state index < -0.39 is 5.97 Å². The fourth-order valence-electron chi connectivity index (χ4n) is 1.55. The summed E-state index contributed by atoms with van der Waals surface area (Å²) in [6.07, 6.45) is 1.40. The van der Waals surface area contributed by atoms with E-state index in [4.69, 9.17) is 4.74 Å². The lowest BCUT2D eigenvalue weighted by Crippen LogP contribution is -2.18. The van der Waals surface area contributed by atoms with Gasteiger partial charge in [0.2, 0.25) is 5.43 Å². The van der Waals surface area contributed by atoms with Crippen molar-refractivity contribution in [2.45, 2.75) is 6.92 Å². The fraction of sp³-hybridized carbons (Fsp3) is 0.167. The Morgan fingerprint density at radius 2 is 2.24 bits per heavy atom. The zero-order chi connectivity index (χ0) is 12.4. The van der Waals surface area contributed by atoms with Gasteiger partial charge in [0.25, 0.3) is 0 Å². The van der Waals surface area contributed by atoms with E-state index >= 15 is 0 Å². The van der Waals surface area contributed by atoms with Crippen LogP contribution >= 0.6 is 22.6 Å². The Hall–Kier alpha value is -1.37. The van der Waals surface area contributed by atoms with Crippen LogP contribution in [0.3, 0.4) is 0 Å². The SMILES string of the molecule is CCOC(=O)c1c[nH]c2ccc(I)cc2c1=O. The molecule has 1 aromatic heterocycles. The molecule has 4 nitrogen and oxygen atoms in total. The fourth-order valence-corrected chi connectivity index (χ4v) is 2.04. The van der Waals surface area contributed by atoms with Gasteiger partial charge in [0.1, 0.15) is 5.56 Å². The van der Waals surface area contributed by atoms with Gasteiger partial charge in [-0.1, -0.05) is 0 Å². The molecule has 1 N–H and O–H groups in total. The van der Waals surface area contributed by atoms with E-state index in [1.165, 1.54) is 6.20 Å². The molecule has 0 aliphatic carbocycles. The number of ether oxygens (including phenoxy) is 1. The van der Waals surface area contributed by atoms with Crippen LogP contribution in [0.5, 0.6) is 0 Å². The number of carbonyl (C=O) groups excluding carboxylic acids is 1. The Balaban J connectivity index is 2.65. The number of hydrogen-bond acceptors (Lipinski definition) is 3. The smallest absolute Gasteiger partial charge is 0.343 e. The van der Waals surface area contributed by atoms with Crippen LogP contribution in [0, 0.1) is 3.57 Å². The number of H-pyrrole nitrogens is 1. The van der Waals surface area contributed by atoms with Crippen molar-refractivity contribution in [1.29, 1.82) is 0 Å². The van der Waals surface area contributed by atoms with E-state index in [-0.39, 0.29) is 17.6 Å². The Kier molecular flexibility index (Phi) is 3.46. The van der Waals surface area contributed by atoms with Crippen LogP contribution in [0.15, 0.2) is 29.2 Å². The number of rotatable bonds is 2. The second-order valence-corrected chi connectivity index (χ2v) is 4.69. The van der Waals surface area contributed by atoms with Crippen LogP contribution in [-0.4, -0.2) is 17.6 Å². The van der Waals surface area contributed by atoms with Gasteiger partial charge in [0, 0.05) is 20.7 Å². The van der Waals surface area contributed by atoms with Crippen LogP contribution in [0.1, 0.15) is 17.3 Å². The van der Waals surface area contributed by atoms with Crippen LogP contribution in [0.25, 0.3) is 10.9 Å². The summed E-state index contributed by atoms with van der Waals surface area (Å²) >= 11 is 2.12. The third kappa shape index (κ3) is 2.33. The largest absolute Gasteiger partial charge is 0.462 e. The summed E-state index contributed by atoms with van der Waals surface area (Å²) in [7, 11) is 0. The monoisotopic (exact) mass is 343 g/mol. The Labute approximate surface area is 111 Å². The summed E-state index contributed by atoms with van der Waals surface area (Å²) in [6.45, 7) is 1.96. The van der Waals surface area contributed by atoms with Gasteiger partial charge in [-0.05, 0) is 47.7 Å². The van der Waals surface area contributed by atoms with Crippen molar-refractivity contribution < 1.29 is 9.53 Å². The number of nitrogens with one attached hydrogen (secondary N) is 1. The maximum atomic E-state index is 12.1. The highest BCUT2D eigenvalue weighted by Crippen LogP contribution is 2.13. The van der Waals surface area contributed by atoms with Crippen molar-refractivity contribution in [2.24, 2.45) is 0 Å². The van der Waals surface area contributed by atoms with Crippen LogP contribution in [0.2, 0.25) is 0 Å². The molecule has 0 radical (unpaired) electrons. The number of carbonyl (C=O) groups is 1. The molecular formula is C12H10INO3. The number of aromatic amines is 1. The molecule has 17 heavy (non-hydrogen) atoms. The lowest BCUT2D eigenvalue weighted by molar-refractivity contribution is 0.0524. The first kappa shape index (κ1) is 12.1. The summed E-state index contributed by atoms with van der Waals surface area (Å²) in [5.41, 5.74) is 0.459. The summed E-state index contributed by atoms with van der Waals surface area (Å²) in [6, 6.07) is 5.45. The van der Waals surface area contributed by atoms with Gasteiger partial charge in [0.15, 0.2) is 0 Å². The minimum atomic E-state index is -0.588. The summed E-state index contributed by atoms with van der Waals surface area (Å²) < 4.78 is 5.77. The summed E-state index contributed by atoms with van der Waals surface area (Å²) in [5.74, 6) is -0.588. The average Bonchev–Trinajstić information content (AvgIpc) is 2.30. The molecular weight excluding hydrogens is 333 g/mol. The van der Waals surface area contributed by atoms with Crippen molar-refractivity contribution in [1.82, 2.24) is 4.98 Å².